The number of aromatic hydroxyl groups is 1. The van der Waals surface area contributed by atoms with Gasteiger partial charge in [0.25, 0.3) is 0 Å². The molecule has 3 aromatic carbocycles. The van der Waals surface area contributed by atoms with E-state index in [1.807, 2.05) is 0 Å². The predicted octanol–water partition coefficient (Wildman–Crippen LogP) is 6.39. The van der Waals surface area contributed by atoms with Crippen molar-refractivity contribution in [1.29, 1.82) is 0 Å². The Morgan fingerprint density at radius 1 is 1.13 bits per heavy atom. The molecular weight excluding hydrogens is 432 g/mol. The fourth-order valence-corrected chi connectivity index (χ4v) is 4.06. The lowest BCUT2D eigenvalue weighted by Crippen LogP contribution is -2.16. The Bertz CT molecular complexity index is 1110. The SMILES string of the molecule is C=CCN(Sc1cc(C(=O)O)cc(Cl)c1O)c1cc(-c2ccccc2)c(F)cc1F. The molecule has 0 bridgehead atoms. The number of carbonyl (C=O) groups is 1. The summed E-state index contributed by atoms with van der Waals surface area (Å²) < 4.78 is 30.6. The van der Waals surface area contributed by atoms with Crippen molar-refractivity contribution in [3.63, 3.8) is 0 Å². The molecule has 0 radical (unpaired) electrons. The average Bonchev–Trinajstić information content (AvgIpc) is 2.71. The van der Waals surface area contributed by atoms with Crippen molar-refractivity contribution in [2.45, 2.75) is 4.90 Å². The van der Waals surface area contributed by atoms with E-state index in [1.165, 1.54) is 22.5 Å². The van der Waals surface area contributed by atoms with Crippen molar-refractivity contribution >= 4 is 35.2 Å². The van der Waals surface area contributed by atoms with Gasteiger partial charge >= 0.3 is 5.97 Å². The number of anilines is 1. The first-order valence-electron chi connectivity index (χ1n) is 8.68. The molecule has 2 N–H and O–H groups in total. The van der Waals surface area contributed by atoms with Crippen molar-refractivity contribution in [1.82, 2.24) is 0 Å². The second-order valence-electron chi connectivity index (χ2n) is 6.20. The van der Waals surface area contributed by atoms with Crippen molar-refractivity contribution in [3.05, 3.63) is 89.5 Å². The second kappa shape index (κ2) is 9.19. The van der Waals surface area contributed by atoms with Gasteiger partial charge in [0.15, 0.2) is 0 Å². The standard InChI is InChI=1S/C22H16ClF2NO3S/c1-2-8-26(30-20-10-14(22(28)29)9-16(23)21(20)27)19-11-15(17(24)12-18(19)25)13-6-4-3-5-7-13/h2-7,9-12,27H,1,8H2,(H,28,29). The molecular formula is C22H16ClF2NO3S. The summed E-state index contributed by atoms with van der Waals surface area (Å²) in [5.74, 6) is -3.11. The Labute approximate surface area is 181 Å². The summed E-state index contributed by atoms with van der Waals surface area (Å²) in [6.45, 7) is 3.77. The molecule has 3 aromatic rings. The number of halogens is 3. The number of benzene rings is 3. The number of aromatic carboxylic acids is 1. The van der Waals surface area contributed by atoms with Crippen molar-refractivity contribution in [2.24, 2.45) is 0 Å². The molecule has 0 aromatic heterocycles. The zero-order valence-electron chi connectivity index (χ0n) is 15.5. The summed E-state index contributed by atoms with van der Waals surface area (Å²) in [6, 6.07) is 13.2. The van der Waals surface area contributed by atoms with Gasteiger partial charge in [-0.2, -0.15) is 0 Å². The van der Waals surface area contributed by atoms with E-state index in [2.05, 4.69) is 6.58 Å². The minimum absolute atomic E-state index is 0.0383. The fourth-order valence-electron chi connectivity index (χ4n) is 2.76. The second-order valence-corrected chi connectivity index (χ2v) is 7.67. The lowest BCUT2D eigenvalue weighted by molar-refractivity contribution is 0.0696. The number of phenolic OH excluding ortho intramolecular Hbond substituents is 1. The third-order valence-electron chi connectivity index (χ3n) is 4.17. The maximum Gasteiger partial charge on any atom is 0.335 e. The molecule has 0 saturated heterocycles. The highest BCUT2D eigenvalue weighted by Gasteiger charge is 2.20. The first-order valence-corrected chi connectivity index (χ1v) is 9.83. The molecule has 0 fully saturated rings. The van der Waals surface area contributed by atoms with E-state index in [1.54, 1.807) is 30.3 Å². The van der Waals surface area contributed by atoms with Crippen molar-refractivity contribution in [2.75, 3.05) is 10.8 Å². The van der Waals surface area contributed by atoms with Crippen LogP contribution in [0.15, 0.2) is 72.1 Å². The molecule has 4 nitrogen and oxygen atoms in total. The third-order valence-corrected chi connectivity index (χ3v) is 5.53. The number of carboxylic acids is 1. The Morgan fingerprint density at radius 2 is 1.83 bits per heavy atom. The number of phenols is 1. The molecule has 30 heavy (non-hydrogen) atoms. The van der Waals surface area contributed by atoms with Crippen LogP contribution in [0.1, 0.15) is 10.4 Å². The molecule has 154 valence electrons. The van der Waals surface area contributed by atoms with E-state index in [0.29, 0.717) is 5.56 Å². The fraction of sp³-hybridized carbons (Fsp3) is 0.0455. The first-order chi connectivity index (χ1) is 14.3. The van der Waals surface area contributed by atoms with Crippen LogP contribution in [0.5, 0.6) is 5.75 Å². The molecule has 0 aliphatic rings. The Morgan fingerprint density at radius 3 is 2.47 bits per heavy atom. The van der Waals surface area contributed by atoms with Gasteiger partial charge in [0.2, 0.25) is 0 Å². The monoisotopic (exact) mass is 447 g/mol. The quantitative estimate of drug-likeness (QED) is 0.324. The largest absolute Gasteiger partial charge is 0.505 e. The van der Waals surface area contributed by atoms with Gasteiger partial charge in [-0.25, -0.2) is 13.6 Å². The van der Waals surface area contributed by atoms with E-state index < -0.39 is 17.6 Å². The van der Waals surface area contributed by atoms with E-state index in [4.69, 9.17) is 11.6 Å². The van der Waals surface area contributed by atoms with Crippen LogP contribution in [0.4, 0.5) is 14.5 Å². The highest BCUT2D eigenvalue weighted by atomic mass is 35.5. The van der Waals surface area contributed by atoms with Crippen LogP contribution >= 0.6 is 23.5 Å². The maximum absolute atomic E-state index is 14.7. The van der Waals surface area contributed by atoms with Gasteiger partial charge in [0, 0.05) is 18.2 Å². The summed E-state index contributed by atoms with van der Waals surface area (Å²) in [7, 11) is 0. The minimum atomic E-state index is -1.23. The third kappa shape index (κ3) is 4.58. The molecule has 0 atom stereocenters. The predicted molar refractivity (Wildman–Crippen MR) is 115 cm³/mol. The Kier molecular flexibility index (Phi) is 6.64. The van der Waals surface area contributed by atoms with Gasteiger partial charge in [-0.1, -0.05) is 48.0 Å². The number of nitrogens with zero attached hydrogens (tertiary/aromatic N) is 1. The number of carboxylic acid groups (broad SMARTS) is 1. The minimum Gasteiger partial charge on any atom is -0.505 e. The van der Waals surface area contributed by atoms with E-state index in [9.17, 15) is 23.8 Å². The van der Waals surface area contributed by atoms with Crippen molar-refractivity contribution < 1.29 is 23.8 Å². The summed E-state index contributed by atoms with van der Waals surface area (Å²) in [5.41, 5.74) is 0.668. The van der Waals surface area contributed by atoms with Gasteiger partial charge < -0.3 is 14.5 Å². The summed E-state index contributed by atoms with van der Waals surface area (Å²) >= 11 is 6.80. The molecule has 0 unspecified atom stereocenters. The molecule has 0 heterocycles. The van der Waals surface area contributed by atoms with E-state index >= 15 is 0 Å². The van der Waals surface area contributed by atoms with Crippen LogP contribution in [0.3, 0.4) is 0 Å². The van der Waals surface area contributed by atoms with Crippen LogP contribution in [0, 0.1) is 11.6 Å². The number of rotatable bonds is 7. The molecule has 0 aliphatic carbocycles. The van der Waals surface area contributed by atoms with Crippen LogP contribution < -0.4 is 4.31 Å². The Hall–Kier alpha value is -3.03. The summed E-state index contributed by atoms with van der Waals surface area (Å²) in [5, 5.41) is 19.3. The van der Waals surface area contributed by atoms with Crippen LogP contribution in [-0.2, 0) is 0 Å². The highest BCUT2D eigenvalue weighted by Crippen LogP contribution is 2.41. The maximum atomic E-state index is 14.7. The van der Waals surface area contributed by atoms with Gasteiger partial charge in [-0.05, 0) is 35.7 Å². The van der Waals surface area contributed by atoms with Gasteiger partial charge in [-0.3, -0.25) is 0 Å². The van der Waals surface area contributed by atoms with Gasteiger partial charge in [0.05, 0.1) is 21.2 Å². The molecule has 8 heteroatoms. The first kappa shape index (κ1) is 21.7. The summed E-state index contributed by atoms with van der Waals surface area (Å²) in [6.07, 6.45) is 1.50. The van der Waals surface area contributed by atoms with Crippen molar-refractivity contribution in [3.8, 4) is 16.9 Å². The highest BCUT2D eigenvalue weighted by molar-refractivity contribution is 8.00. The van der Waals surface area contributed by atoms with E-state index in [-0.39, 0.29) is 39.0 Å². The molecule has 0 saturated carbocycles. The zero-order chi connectivity index (χ0) is 21.8. The number of hydrogen-bond acceptors (Lipinski definition) is 4. The lowest BCUT2D eigenvalue weighted by Gasteiger charge is -2.24. The topological polar surface area (TPSA) is 60.8 Å². The lowest BCUT2D eigenvalue weighted by atomic mass is 10.0. The van der Waals surface area contributed by atoms with Crippen LogP contribution in [-0.4, -0.2) is 22.7 Å². The average molecular weight is 448 g/mol. The zero-order valence-corrected chi connectivity index (χ0v) is 17.1. The van der Waals surface area contributed by atoms with Crippen LogP contribution in [0.25, 0.3) is 11.1 Å². The molecule has 0 aliphatic heterocycles. The Balaban J connectivity index is 2.08. The van der Waals surface area contributed by atoms with Crippen LogP contribution in [0.2, 0.25) is 5.02 Å². The van der Waals surface area contributed by atoms with Gasteiger partial charge in [-0.15, -0.1) is 6.58 Å². The number of hydrogen-bond donors (Lipinski definition) is 2. The molecule has 3 rings (SSSR count). The smallest absolute Gasteiger partial charge is 0.335 e. The normalized spacial score (nSPS) is 10.6. The molecule has 0 amide bonds. The summed E-state index contributed by atoms with van der Waals surface area (Å²) in [4.78, 5) is 11.4. The van der Waals surface area contributed by atoms with E-state index in [0.717, 1.165) is 24.1 Å². The molecule has 0 spiro atoms. The van der Waals surface area contributed by atoms with Gasteiger partial charge in [0.1, 0.15) is 17.4 Å².